The molecule has 0 spiro atoms. The van der Waals surface area contributed by atoms with E-state index in [-0.39, 0.29) is 0 Å². The fraction of sp³-hybridized carbons (Fsp3) is 0.286. The monoisotopic (exact) mass is 333 g/mol. The lowest BCUT2D eigenvalue weighted by atomic mass is 10.1. The van der Waals surface area contributed by atoms with Crippen LogP contribution in [-0.2, 0) is 13.5 Å². The van der Waals surface area contributed by atoms with Crippen LogP contribution < -0.4 is 5.73 Å². The van der Waals surface area contributed by atoms with Gasteiger partial charge in [-0.1, -0.05) is 29.8 Å². The van der Waals surface area contributed by atoms with Gasteiger partial charge in [0, 0.05) is 19.0 Å². The SMILES string of the molecule is Cc1ccc(-c2nn3c(Br)c(CCN)nc3n2C)cc1. The van der Waals surface area contributed by atoms with Crippen LogP contribution in [-0.4, -0.2) is 25.7 Å². The molecule has 0 amide bonds. The van der Waals surface area contributed by atoms with Crippen LogP contribution in [0.1, 0.15) is 11.3 Å². The van der Waals surface area contributed by atoms with Crippen LogP contribution in [0.4, 0.5) is 0 Å². The van der Waals surface area contributed by atoms with Gasteiger partial charge in [0.1, 0.15) is 4.60 Å². The predicted octanol–water partition coefficient (Wildman–Crippen LogP) is 2.31. The Morgan fingerprint density at radius 1 is 1.25 bits per heavy atom. The van der Waals surface area contributed by atoms with Gasteiger partial charge < -0.3 is 5.73 Å². The van der Waals surface area contributed by atoms with Crippen LogP contribution in [0.3, 0.4) is 0 Å². The maximum Gasteiger partial charge on any atom is 0.233 e. The highest BCUT2D eigenvalue weighted by Gasteiger charge is 2.17. The Kier molecular flexibility index (Phi) is 3.35. The molecular formula is C14H16BrN5. The number of nitrogens with two attached hydrogens (primary N) is 1. The highest BCUT2D eigenvalue weighted by atomic mass is 79.9. The largest absolute Gasteiger partial charge is 0.330 e. The number of rotatable bonds is 3. The molecule has 3 rings (SSSR count). The maximum absolute atomic E-state index is 5.60. The fourth-order valence-electron chi connectivity index (χ4n) is 2.24. The quantitative estimate of drug-likeness (QED) is 0.800. The molecule has 3 aromatic rings. The van der Waals surface area contributed by atoms with Gasteiger partial charge in [0.25, 0.3) is 0 Å². The lowest BCUT2D eigenvalue weighted by molar-refractivity contribution is 0.892. The average Bonchev–Trinajstić information content (AvgIpc) is 2.91. The van der Waals surface area contributed by atoms with Crippen LogP contribution in [0.2, 0.25) is 0 Å². The van der Waals surface area contributed by atoms with Gasteiger partial charge in [-0.15, -0.1) is 5.10 Å². The minimum absolute atomic E-state index is 0.577. The van der Waals surface area contributed by atoms with Crippen molar-refractivity contribution in [2.45, 2.75) is 13.3 Å². The van der Waals surface area contributed by atoms with Crippen LogP contribution >= 0.6 is 15.9 Å². The Labute approximate surface area is 125 Å². The molecule has 2 N–H and O–H groups in total. The zero-order valence-electron chi connectivity index (χ0n) is 11.5. The Hall–Kier alpha value is -1.66. The molecule has 0 atom stereocenters. The van der Waals surface area contributed by atoms with Gasteiger partial charge in [-0.2, -0.15) is 4.52 Å². The van der Waals surface area contributed by atoms with Gasteiger partial charge in [-0.05, 0) is 29.4 Å². The Morgan fingerprint density at radius 3 is 2.55 bits per heavy atom. The zero-order chi connectivity index (χ0) is 14.3. The molecule has 0 saturated carbocycles. The average molecular weight is 334 g/mol. The third kappa shape index (κ3) is 2.05. The summed E-state index contributed by atoms with van der Waals surface area (Å²) in [6.07, 6.45) is 0.740. The van der Waals surface area contributed by atoms with Crippen molar-refractivity contribution in [3.05, 3.63) is 40.1 Å². The van der Waals surface area contributed by atoms with Crippen molar-refractivity contribution < 1.29 is 0 Å². The molecule has 0 unspecified atom stereocenters. The van der Waals surface area contributed by atoms with Crippen LogP contribution in [0.5, 0.6) is 0 Å². The van der Waals surface area contributed by atoms with E-state index in [4.69, 9.17) is 5.73 Å². The van der Waals surface area contributed by atoms with Gasteiger partial charge in [-0.3, -0.25) is 4.57 Å². The van der Waals surface area contributed by atoms with E-state index in [1.807, 2.05) is 16.1 Å². The minimum atomic E-state index is 0.577. The summed E-state index contributed by atoms with van der Waals surface area (Å²) in [6, 6.07) is 8.32. The van der Waals surface area contributed by atoms with Crippen molar-refractivity contribution in [3.8, 4) is 11.4 Å². The smallest absolute Gasteiger partial charge is 0.233 e. The van der Waals surface area contributed by atoms with Crippen LogP contribution in [0.15, 0.2) is 28.9 Å². The minimum Gasteiger partial charge on any atom is -0.330 e. The number of hydrogen-bond donors (Lipinski definition) is 1. The fourth-order valence-corrected chi connectivity index (χ4v) is 2.76. The summed E-state index contributed by atoms with van der Waals surface area (Å²) in [5.41, 5.74) is 8.86. The highest BCUT2D eigenvalue weighted by Crippen LogP contribution is 2.24. The number of imidazole rings is 1. The van der Waals surface area contributed by atoms with Crippen molar-refractivity contribution in [1.82, 2.24) is 19.2 Å². The van der Waals surface area contributed by atoms with E-state index in [9.17, 15) is 0 Å². The second-order valence-corrected chi connectivity index (χ2v) is 5.60. The summed E-state index contributed by atoms with van der Waals surface area (Å²) in [4.78, 5) is 4.60. The summed E-state index contributed by atoms with van der Waals surface area (Å²) < 4.78 is 4.70. The number of benzene rings is 1. The highest BCUT2D eigenvalue weighted by molar-refractivity contribution is 9.10. The molecule has 0 aliphatic heterocycles. The van der Waals surface area contributed by atoms with Crippen molar-refractivity contribution in [2.75, 3.05) is 6.54 Å². The summed E-state index contributed by atoms with van der Waals surface area (Å²) in [5, 5.41) is 4.64. The first kappa shape index (κ1) is 13.3. The molecule has 0 aliphatic rings. The Bertz CT molecular complexity index is 754. The third-order valence-corrected chi connectivity index (χ3v) is 4.15. The van der Waals surface area contributed by atoms with E-state index in [1.165, 1.54) is 5.56 Å². The topological polar surface area (TPSA) is 61.1 Å². The van der Waals surface area contributed by atoms with E-state index in [0.717, 1.165) is 33.9 Å². The standard InChI is InChI=1S/C14H16BrN5/c1-9-3-5-10(6-4-9)13-18-20-12(15)11(7-8-16)17-14(20)19(13)2/h3-6H,7-8,16H2,1-2H3. The number of hydrogen-bond acceptors (Lipinski definition) is 3. The number of aromatic nitrogens is 4. The van der Waals surface area contributed by atoms with Crippen molar-refractivity contribution in [2.24, 2.45) is 12.8 Å². The second-order valence-electron chi connectivity index (χ2n) is 4.85. The molecule has 0 radical (unpaired) electrons. The Balaban J connectivity index is 2.14. The van der Waals surface area contributed by atoms with E-state index >= 15 is 0 Å². The molecule has 2 aromatic heterocycles. The van der Waals surface area contributed by atoms with Gasteiger partial charge in [0.05, 0.1) is 5.69 Å². The van der Waals surface area contributed by atoms with Gasteiger partial charge in [0.2, 0.25) is 5.78 Å². The third-order valence-electron chi connectivity index (χ3n) is 3.35. The number of nitrogens with zero attached hydrogens (tertiary/aromatic N) is 4. The molecule has 0 fully saturated rings. The van der Waals surface area contributed by atoms with Crippen molar-refractivity contribution >= 4 is 21.7 Å². The molecule has 6 heteroatoms. The normalized spacial score (nSPS) is 11.4. The summed E-state index contributed by atoms with van der Waals surface area (Å²) in [5.74, 6) is 1.71. The summed E-state index contributed by atoms with van der Waals surface area (Å²) >= 11 is 3.55. The molecule has 5 nitrogen and oxygen atoms in total. The lowest BCUT2D eigenvalue weighted by Gasteiger charge is -2.01. The summed E-state index contributed by atoms with van der Waals surface area (Å²) in [7, 11) is 1.98. The second kappa shape index (κ2) is 5.03. The molecule has 2 heterocycles. The number of halogens is 1. The van der Waals surface area contributed by atoms with E-state index < -0.39 is 0 Å². The summed E-state index contributed by atoms with van der Waals surface area (Å²) in [6.45, 7) is 2.65. The van der Waals surface area contributed by atoms with Gasteiger partial charge in [-0.25, -0.2) is 4.98 Å². The van der Waals surface area contributed by atoms with Gasteiger partial charge in [0.15, 0.2) is 5.82 Å². The lowest BCUT2D eigenvalue weighted by Crippen LogP contribution is -2.04. The van der Waals surface area contributed by atoms with E-state index in [1.54, 1.807) is 0 Å². The molecule has 1 aromatic carbocycles. The first-order valence-electron chi connectivity index (χ1n) is 6.48. The van der Waals surface area contributed by atoms with Crippen molar-refractivity contribution in [1.29, 1.82) is 0 Å². The molecule has 0 bridgehead atoms. The number of fused-ring (bicyclic) bond motifs is 1. The zero-order valence-corrected chi connectivity index (χ0v) is 13.1. The van der Waals surface area contributed by atoms with Crippen molar-refractivity contribution in [3.63, 3.8) is 0 Å². The molecule has 0 saturated heterocycles. The first-order valence-corrected chi connectivity index (χ1v) is 7.28. The molecular weight excluding hydrogens is 318 g/mol. The van der Waals surface area contributed by atoms with E-state index in [2.05, 4.69) is 57.2 Å². The maximum atomic E-state index is 5.60. The predicted molar refractivity (Wildman–Crippen MR) is 82.6 cm³/mol. The van der Waals surface area contributed by atoms with E-state index in [0.29, 0.717) is 6.54 Å². The van der Waals surface area contributed by atoms with Crippen LogP contribution in [0.25, 0.3) is 17.2 Å². The van der Waals surface area contributed by atoms with Crippen LogP contribution in [0, 0.1) is 6.92 Å². The number of aryl methyl sites for hydroxylation is 2. The molecule has 20 heavy (non-hydrogen) atoms. The Morgan fingerprint density at radius 2 is 1.95 bits per heavy atom. The first-order chi connectivity index (χ1) is 9.61. The molecule has 104 valence electrons. The molecule has 0 aliphatic carbocycles. The van der Waals surface area contributed by atoms with Gasteiger partial charge >= 0.3 is 0 Å².